The van der Waals surface area contributed by atoms with Crippen molar-refractivity contribution in [3.05, 3.63) is 16.6 Å². The molecule has 0 aliphatic carbocycles. The van der Waals surface area contributed by atoms with Crippen LogP contribution in [-0.4, -0.2) is 36.5 Å². The quantitative estimate of drug-likeness (QED) is 0.678. The van der Waals surface area contributed by atoms with Gasteiger partial charge >= 0.3 is 0 Å². The molecular weight excluding hydrogens is 224 g/mol. The van der Waals surface area contributed by atoms with Crippen molar-refractivity contribution in [1.82, 2.24) is 10.3 Å². The highest BCUT2D eigenvalue weighted by molar-refractivity contribution is 7.09. The van der Waals surface area contributed by atoms with Crippen LogP contribution in [0.4, 0.5) is 0 Å². The highest BCUT2D eigenvalue weighted by atomic mass is 32.1. The Labute approximate surface area is 101 Å². The van der Waals surface area contributed by atoms with Crippen molar-refractivity contribution in [3.8, 4) is 0 Å². The molecule has 0 bridgehead atoms. The predicted molar refractivity (Wildman–Crippen MR) is 65.7 cm³/mol. The number of rotatable bonds is 8. The van der Waals surface area contributed by atoms with E-state index in [2.05, 4.69) is 24.1 Å². The van der Waals surface area contributed by atoms with Gasteiger partial charge < -0.3 is 15.2 Å². The van der Waals surface area contributed by atoms with Gasteiger partial charge in [0.05, 0.1) is 25.4 Å². The highest BCUT2D eigenvalue weighted by Crippen LogP contribution is 2.25. The smallest absolute Gasteiger partial charge is 0.112 e. The molecule has 1 rings (SSSR count). The summed E-state index contributed by atoms with van der Waals surface area (Å²) in [5, 5.41) is 15.1. The molecule has 0 aromatic carbocycles. The van der Waals surface area contributed by atoms with E-state index in [0.717, 1.165) is 18.0 Å². The SMILES string of the molecule is CCC(C)(NCCOCCO)c1nccs1. The van der Waals surface area contributed by atoms with Gasteiger partial charge in [0.1, 0.15) is 5.01 Å². The van der Waals surface area contributed by atoms with Crippen LogP contribution in [0.25, 0.3) is 0 Å². The lowest BCUT2D eigenvalue weighted by atomic mass is 10.00. The molecular formula is C11H20N2O2S. The second-order valence-corrected chi connectivity index (χ2v) is 4.68. The zero-order valence-electron chi connectivity index (χ0n) is 9.90. The van der Waals surface area contributed by atoms with Gasteiger partial charge in [-0.1, -0.05) is 6.92 Å². The lowest BCUT2D eigenvalue weighted by molar-refractivity contribution is 0.0894. The summed E-state index contributed by atoms with van der Waals surface area (Å²) in [7, 11) is 0. The Hall–Kier alpha value is -0.490. The average molecular weight is 244 g/mol. The van der Waals surface area contributed by atoms with Gasteiger partial charge in [-0.3, -0.25) is 0 Å². The summed E-state index contributed by atoms with van der Waals surface area (Å²) < 4.78 is 5.21. The Balaban J connectivity index is 2.36. The number of nitrogens with one attached hydrogen (secondary N) is 1. The molecule has 0 aliphatic heterocycles. The van der Waals surface area contributed by atoms with Crippen LogP contribution >= 0.6 is 11.3 Å². The first-order valence-corrected chi connectivity index (χ1v) is 6.44. The third-order valence-corrected chi connectivity index (χ3v) is 3.65. The van der Waals surface area contributed by atoms with Gasteiger partial charge in [0.15, 0.2) is 0 Å². The number of nitrogens with zero attached hydrogens (tertiary/aromatic N) is 1. The molecule has 0 radical (unpaired) electrons. The molecule has 4 nitrogen and oxygen atoms in total. The van der Waals surface area contributed by atoms with E-state index in [1.807, 2.05) is 11.6 Å². The molecule has 1 atom stereocenters. The maximum Gasteiger partial charge on any atom is 0.112 e. The molecule has 0 amide bonds. The lowest BCUT2D eigenvalue weighted by Gasteiger charge is -2.27. The second kappa shape index (κ2) is 6.96. The molecule has 0 aliphatic rings. The maximum absolute atomic E-state index is 8.57. The summed E-state index contributed by atoms with van der Waals surface area (Å²) in [5.41, 5.74) is -0.0727. The van der Waals surface area contributed by atoms with E-state index in [4.69, 9.17) is 9.84 Å². The third-order valence-electron chi connectivity index (χ3n) is 2.61. The fraction of sp³-hybridized carbons (Fsp3) is 0.727. The number of aliphatic hydroxyl groups excluding tert-OH is 1. The molecule has 0 saturated heterocycles. The summed E-state index contributed by atoms with van der Waals surface area (Å²) in [6, 6.07) is 0. The average Bonchev–Trinajstić information content (AvgIpc) is 2.82. The normalized spacial score (nSPS) is 14.9. The molecule has 16 heavy (non-hydrogen) atoms. The van der Waals surface area contributed by atoms with Crippen LogP contribution in [0, 0.1) is 0 Å². The topological polar surface area (TPSA) is 54.4 Å². The van der Waals surface area contributed by atoms with Crippen molar-refractivity contribution in [1.29, 1.82) is 0 Å². The van der Waals surface area contributed by atoms with Gasteiger partial charge in [-0.2, -0.15) is 0 Å². The van der Waals surface area contributed by atoms with Crippen molar-refractivity contribution in [3.63, 3.8) is 0 Å². The summed E-state index contributed by atoms with van der Waals surface area (Å²) in [6.45, 7) is 6.16. The molecule has 2 N–H and O–H groups in total. The van der Waals surface area contributed by atoms with E-state index in [1.165, 1.54) is 0 Å². The molecule has 5 heteroatoms. The minimum Gasteiger partial charge on any atom is -0.394 e. The second-order valence-electron chi connectivity index (χ2n) is 3.79. The molecule has 0 saturated carbocycles. The van der Waals surface area contributed by atoms with Gasteiger partial charge in [-0.05, 0) is 13.3 Å². The van der Waals surface area contributed by atoms with Gasteiger partial charge in [0.25, 0.3) is 0 Å². The fourth-order valence-electron chi connectivity index (χ4n) is 1.41. The van der Waals surface area contributed by atoms with E-state index in [0.29, 0.717) is 13.2 Å². The highest BCUT2D eigenvalue weighted by Gasteiger charge is 2.25. The van der Waals surface area contributed by atoms with Gasteiger partial charge in [-0.15, -0.1) is 11.3 Å². The van der Waals surface area contributed by atoms with Crippen molar-refractivity contribution < 1.29 is 9.84 Å². The first kappa shape index (κ1) is 13.6. The number of aliphatic hydroxyl groups is 1. The molecule has 1 aromatic heterocycles. The van der Waals surface area contributed by atoms with Crippen LogP contribution in [0.3, 0.4) is 0 Å². The first-order chi connectivity index (χ1) is 7.73. The van der Waals surface area contributed by atoms with Crippen molar-refractivity contribution in [2.45, 2.75) is 25.8 Å². The lowest BCUT2D eigenvalue weighted by Crippen LogP contribution is -2.40. The van der Waals surface area contributed by atoms with E-state index in [1.54, 1.807) is 11.3 Å². The number of thiazole rings is 1. The van der Waals surface area contributed by atoms with Crippen molar-refractivity contribution in [2.75, 3.05) is 26.4 Å². The van der Waals surface area contributed by atoms with Gasteiger partial charge in [0, 0.05) is 18.1 Å². The van der Waals surface area contributed by atoms with Gasteiger partial charge in [0.2, 0.25) is 0 Å². The fourth-order valence-corrected chi connectivity index (χ4v) is 2.26. The standard InChI is InChI=1S/C11H20N2O2S/c1-3-11(2,10-12-5-9-16-10)13-4-7-15-8-6-14/h5,9,13-14H,3-4,6-8H2,1-2H3. The zero-order valence-corrected chi connectivity index (χ0v) is 10.7. The molecule has 0 fully saturated rings. The van der Waals surface area contributed by atoms with E-state index < -0.39 is 0 Å². The molecule has 0 spiro atoms. The van der Waals surface area contributed by atoms with E-state index in [9.17, 15) is 0 Å². The van der Waals surface area contributed by atoms with Crippen LogP contribution in [0.2, 0.25) is 0 Å². The van der Waals surface area contributed by atoms with E-state index >= 15 is 0 Å². The van der Waals surface area contributed by atoms with Crippen molar-refractivity contribution >= 4 is 11.3 Å². The number of hydrogen-bond donors (Lipinski definition) is 2. The largest absolute Gasteiger partial charge is 0.394 e. The zero-order chi connectivity index (χ0) is 11.9. The molecule has 1 aromatic rings. The number of aromatic nitrogens is 1. The molecule has 1 unspecified atom stereocenters. The third kappa shape index (κ3) is 3.83. The van der Waals surface area contributed by atoms with Crippen LogP contribution in [0.1, 0.15) is 25.3 Å². The minimum absolute atomic E-state index is 0.0727. The number of hydrogen-bond acceptors (Lipinski definition) is 5. The minimum atomic E-state index is -0.0727. The Morgan fingerprint density at radius 3 is 2.94 bits per heavy atom. The number of ether oxygens (including phenoxy) is 1. The van der Waals surface area contributed by atoms with Crippen LogP contribution in [0.15, 0.2) is 11.6 Å². The Kier molecular flexibility index (Phi) is 5.90. The Morgan fingerprint density at radius 1 is 1.56 bits per heavy atom. The maximum atomic E-state index is 8.57. The van der Waals surface area contributed by atoms with E-state index in [-0.39, 0.29) is 12.1 Å². The summed E-state index contributed by atoms with van der Waals surface area (Å²) in [4.78, 5) is 4.35. The Bertz CT molecular complexity index is 280. The monoisotopic (exact) mass is 244 g/mol. The summed E-state index contributed by atoms with van der Waals surface area (Å²) in [6.07, 6.45) is 2.82. The Morgan fingerprint density at radius 2 is 2.38 bits per heavy atom. The summed E-state index contributed by atoms with van der Waals surface area (Å²) >= 11 is 1.67. The van der Waals surface area contributed by atoms with Gasteiger partial charge in [-0.25, -0.2) is 4.98 Å². The molecule has 92 valence electrons. The van der Waals surface area contributed by atoms with Crippen LogP contribution < -0.4 is 5.32 Å². The van der Waals surface area contributed by atoms with Crippen molar-refractivity contribution in [2.24, 2.45) is 0 Å². The summed E-state index contributed by atoms with van der Waals surface area (Å²) in [5.74, 6) is 0. The molecule has 1 heterocycles. The van der Waals surface area contributed by atoms with Crippen LogP contribution in [-0.2, 0) is 10.3 Å². The predicted octanol–water partition coefficient (Wildman–Crippen LogP) is 1.37. The first-order valence-electron chi connectivity index (χ1n) is 5.56. The van der Waals surface area contributed by atoms with Crippen LogP contribution in [0.5, 0.6) is 0 Å².